The van der Waals surface area contributed by atoms with E-state index >= 15 is 0 Å². The predicted molar refractivity (Wildman–Crippen MR) is 74.1 cm³/mol. The van der Waals surface area contributed by atoms with Gasteiger partial charge in [-0.05, 0) is 12.1 Å². The van der Waals surface area contributed by atoms with Gasteiger partial charge in [0.1, 0.15) is 0 Å². The van der Waals surface area contributed by atoms with Gasteiger partial charge in [0.15, 0.2) is 0 Å². The van der Waals surface area contributed by atoms with Gasteiger partial charge in [0.25, 0.3) is 0 Å². The summed E-state index contributed by atoms with van der Waals surface area (Å²) in [6.07, 6.45) is 2.73. The third-order valence-corrected chi connectivity index (χ3v) is 6.10. The fourth-order valence-electron chi connectivity index (χ4n) is 2.00. The van der Waals surface area contributed by atoms with E-state index in [0.717, 1.165) is 12.1 Å². The highest BCUT2D eigenvalue weighted by Gasteiger charge is 2.28. The van der Waals surface area contributed by atoms with Crippen LogP contribution in [-0.4, -0.2) is 33.0 Å². The monoisotopic (exact) mass is 254 g/mol. The molecule has 0 amide bonds. The quantitative estimate of drug-likeness (QED) is 0.897. The van der Waals surface area contributed by atoms with Crippen LogP contribution in [0.2, 0.25) is 0 Å². The highest BCUT2D eigenvalue weighted by Crippen LogP contribution is 2.33. The van der Waals surface area contributed by atoms with Crippen LogP contribution >= 0.6 is 23.5 Å². The molecule has 1 aromatic rings. The molecule has 1 aliphatic heterocycles. The van der Waals surface area contributed by atoms with Crippen LogP contribution in [0.5, 0.6) is 0 Å². The molecule has 2 rings (SSSR count). The number of hydrogen-bond donors (Lipinski definition) is 1. The minimum atomic E-state index is 0.225. The summed E-state index contributed by atoms with van der Waals surface area (Å²) in [5, 5.41) is 1.23. The summed E-state index contributed by atoms with van der Waals surface area (Å²) in [5.74, 6) is 2.49. The third kappa shape index (κ3) is 3.15. The molecule has 0 aromatic carbocycles. The molecule has 1 fully saturated rings. The van der Waals surface area contributed by atoms with Gasteiger partial charge >= 0.3 is 0 Å². The molecule has 0 spiro atoms. The molecule has 3 unspecified atom stereocenters. The van der Waals surface area contributed by atoms with Crippen molar-refractivity contribution < 1.29 is 0 Å². The molecular weight excluding hydrogens is 236 g/mol. The molecule has 2 heterocycles. The maximum Gasteiger partial charge on any atom is 0.0419 e. The van der Waals surface area contributed by atoms with Gasteiger partial charge in [0, 0.05) is 46.4 Å². The molecule has 1 aliphatic rings. The van der Waals surface area contributed by atoms with E-state index in [1.807, 2.05) is 41.9 Å². The van der Waals surface area contributed by atoms with Gasteiger partial charge in [-0.1, -0.05) is 13.0 Å². The van der Waals surface area contributed by atoms with E-state index in [1.54, 1.807) is 0 Å². The Hall–Kier alpha value is -0.190. The van der Waals surface area contributed by atoms with Gasteiger partial charge in [-0.3, -0.25) is 4.98 Å². The van der Waals surface area contributed by atoms with Crippen LogP contribution in [0, 0.1) is 0 Å². The second-order valence-corrected chi connectivity index (χ2v) is 6.87. The normalized spacial score (nSPS) is 27.6. The lowest BCUT2D eigenvalue weighted by Crippen LogP contribution is -2.42. The summed E-state index contributed by atoms with van der Waals surface area (Å²) in [4.78, 5) is 4.34. The Labute approximate surface area is 106 Å². The Morgan fingerprint density at radius 3 is 2.94 bits per heavy atom. The lowest BCUT2D eigenvalue weighted by Gasteiger charge is -2.32. The van der Waals surface area contributed by atoms with E-state index in [9.17, 15) is 0 Å². The van der Waals surface area contributed by atoms with E-state index in [4.69, 9.17) is 5.73 Å². The summed E-state index contributed by atoms with van der Waals surface area (Å²) < 4.78 is 0. The number of aromatic nitrogens is 1. The minimum absolute atomic E-state index is 0.225. The van der Waals surface area contributed by atoms with Crippen LogP contribution in [0.15, 0.2) is 24.4 Å². The first-order chi connectivity index (χ1) is 7.77. The zero-order valence-corrected chi connectivity index (χ0v) is 11.1. The Balaban J connectivity index is 1.94. The summed E-state index contributed by atoms with van der Waals surface area (Å²) in [5.41, 5.74) is 7.41. The van der Waals surface area contributed by atoms with Crippen LogP contribution in [0.3, 0.4) is 0 Å². The molecule has 2 nitrogen and oxygen atoms in total. The number of pyridine rings is 1. The molecule has 1 aromatic heterocycles. The molecule has 3 atom stereocenters. The Morgan fingerprint density at radius 1 is 1.44 bits per heavy atom. The number of hydrogen-bond acceptors (Lipinski definition) is 4. The average Bonchev–Trinajstić information content (AvgIpc) is 2.31. The SMILES string of the molecule is CC1SCCSC1C(N)Cc1ccccn1. The van der Waals surface area contributed by atoms with Gasteiger partial charge in [0.2, 0.25) is 0 Å². The standard InChI is InChI=1S/C12H18N2S2/c1-9-12(16-7-6-15-9)11(13)8-10-4-2-3-5-14-10/h2-5,9,11-12H,6-8,13H2,1H3. The molecule has 16 heavy (non-hydrogen) atoms. The number of thioether (sulfide) groups is 2. The van der Waals surface area contributed by atoms with Crippen molar-refractivity contribution in [2.75, 3.05) is 11.5 Å². The largest absolute Gasteiger partial charge is 0.326 e. The zero-order chi connectivity index (χ0) is 11.4. The Morgan fingerprint density at radius 2 is 2.25 bits per heavy atom. The van der Waals surface area contributed by atoms with Crippen LogP contribution < -0.4 is 5.73 Å². The molecule has 0 radical (unpaired) electrons. The van der Waals surface area contributed by atoms with Crippen LogP contribution in [0.1, 0.15) is 12.6 Å². The zero-order valence-electron chi connectivity index (χ0n) is 9.50. The van der Waals surface area contributed by atoms with Gasteiger partial charge in [-0.25, -0.2) is 0 Å². The fraction of sp³-hybridized carbons (Fsp3) is 0.583. The maximum atomic E-state index is 6.30. The van der Waals surface area contributed by atoms with Crippen molar-refractivity contribution in [1.29, 1.82) is 0 Å². The van der Waals surface area contributed by atoms with Crippen molar-refractivity contribution in [2.24, 2.45) is 5.73 Å². The van der Waals surface area contributed by atoms with Crippen LogP contribution in [-0.2, 0) is 6.42 Å². The highest BCUT2D eigenvalue weighted by atomic mass is 32.2. The van der Waals surface area contributed by atoms with E-state index in [-0.39, 0.29) is 6.04 Å². The van der Waals surface area contributed by atoms with Crippen molar-refractivity contribution in [3.05, 3.63) is 30.1 Å². The third-order valence-electron chi connectivity index (χ3n) is 2.83. The smallest absolute Gasteiger partial charge is 0.0419 e. The van der Waals surface area contributed by atoms with Crippen molar-refractivity contribution in [3.8, 4) is 0 Å². The molecule has 2 N–H and O–H groups in total. The van der Waals surface area contributed by atoms with Gasteiger partial charge in [-0.15, -0.1) is 0 Å². The number of nitrogens with two attached hydrogens (primary N) is 1. The minimum Gasteiger partial charge on any atom is -0.326 e. The molecule has 0 saturated carbocycles. The molecular formula is C12H18N2S2. The fourth-order valence-corrected chi connectivity index (χ4v) is 4.89. The van der Waals surface area contributed by atoms with Gasteiger partial charge < -0.3 is 5.73 Å². The van der Waals surface area contributed by atoms with Crippen molar-refractivity contribution in [1.82, 2.24) is 4.98 Å². The summed E-state index contributed by atoms with van der Waals surface area (Å²) in [6, 6.07) is 6.26. The van der Waals surface area contributed by atoms with Crippen LogP contribution in [0.25, 0.3) is 0 Å². The van der Waals surface area contributed by atoms with E-state index in [1.165, 1.54) is 11.5 Å². The van der Waals surface area contributed by atoms with E-state index in [2.05, 4.69) is 18.0 Å². The highest BCUT2D eigenvalue weighted by molar-refractivity contribution is 8.07. The first kappa shape index (κ1) is 12.3. The number of rotatable bonds is 3. The average molecular weight is 254 g/mol. The Bertz CT molecular complexity index is 318. The van der Waals surface area contributed by atoms with Crippen molar-refractivity contribution in [3.63, 3.8) is 0 Å². The molecule has 0 aliphatic carbocycles. The van der Waals surface area contributed by atoms with Crippen LogP contribution in [0.4, 0.5) is 0 Å². The number of nitrogens with zero attached hydrogens (tertiary/aromatic N) is 1. The Kier molecular flexibility index (Phi) is 4.55. The molecule has 1 saturated heterocycles. The lowest BCUT2D eigenvalue weighted by atomic mass is 10.1. The summed E-state index contributed by atoms with van der Waals surface area (Å²) >= 11 is 4.07. The first-order valence-electron chi connectivity index (χ1n) is 5.66. The van der Waals surface area contributed by atoms with Crippen molar-refractivity contribution in [2.45, 2.75) is 29.9 Å². The van der Waals surface area contributed by atoms with E-state index < -0.39 is 0 Å². The first-order valence-corrected chi connectivity index (χ1v) is 7.76. The molecule has 0 bridgehead atoms. The van der Waals surface area contributed by atoms with Crippen molar-refractivity contribution >= 4 is 23.5 Å². The second kappa shape index (κ2) is 5.94. The topological polar surface area (TPSA) is 38.9 Å². The lowest BCUT2D eigenvalue weighted by molar-refractivity contribution is 0.614. The van der Waals surface area contributed by atoms with Gasteiger partial charge in [0.05, 0.1) is 0 Å². The summed E-state index contributed by atoms with van der Waals surface area (Å²) in [7, 11) is 0. The molecule has 4 heteroatoms. The van der Waals surface area contributed by atoms with Gasteiger partial charge in [-0.2, -0.15) is 23.5 Å². The molecule has 88 valence electrons. The predicted octanol–water partition coefficient (Wildman–Crippen LogP) is 2.19. The maximum absolute atomic E-state index is 6.30. The summed E-state index contributed by atoms with van der Waals surface area (Å²) in [6.45, 7) is 2.29. The second-order valence-electron chi connectivity index (χ2n) is 4.10. The van der Waals surface area contributed by atoms with E-state index in [0.29, 0.717) is 10.5 Å².